The van der Waals surface area contributed by atoms with Crippen LogP contribution in [0.25, 0.3) is 0 Å². The van der Waals surface area contributed by atoms with Crippen LogP contribution in [0.3, 0.4) is 0 Å². The van der Waals surface area contributed by atoms with Crippen molar-refractivity contribution in [3.8, 4) is 0 Å². The fourth-order valence-corrected chi connectivity index (χ4v) is 0.716. The number of carbonyl (C=O) groups is 1. The third-order valence-electron chi connectivity index (χ3n) is 1.49. The third-order valence-corrected chi connectivity index (χ3v) is 1.49. The molecule has 1 heterocycles. The van der Waals surface area contributed by atoms with Gasteiger partial charge in [-0.1, -0.05) is 6.92 Å². The van der Waals surface area contributed by atoms with Crippen molar-refractivity contribution in [3.05, 3.63) is 0 Å². The van der Waals surface area contributed by atoms with Crippen LogP contribution >= 0.6 is 0 Å². The lowest BCUT2D eigenvalue weighted by molar-refractivity contribution is -0.143. The van der Waals surface area contributed by atoms with E-state index >= 15 is 0 Å². The lowest BCUT2D eigenvalue weighted by Crippen LogP contribution is -2.31. The number of halogens is 2. The van der Waals surface area contributed by atoms with Gasteiger partial charge in [-0.3, -0.25) is 4.79 Å². The predicted octanol–water partition coefficient (Wildman–Crippen LogP) is 0.388. The summed E-state index contributed by atoms with van der Waals surface area (Å²) in [5, 5.41) is 2.07. The highest BCUT2D eigenvalue weighted by molar-refractivity contribution is 5.85. The lowest BCUT2D eigenvalue weighted by Gasteiger charge is -2.08. The molecule has 52 valence electrons. The SMILES string of the molecule is C[C@H]1CNC(=O)C1(F)F. The van der Waals surface area contributed by atoms with Crippen molar-refractivity contribution in [2.24, 2.45) is 5.92 Å². The Balaban J connectivity index is 2.78. The second kappa shape index (κ2) is 1.65. The minimum Gasteiger partial charge on any atom is -0.350 e. The molecule has 0 spiro atoms. The molecule has 0 saturated carbocycles. The average molecular weight is 135 g/mol. The molecule has 1 fully saturated rings. The highest BCUT2D eigenvalue weighted by Gasteiger charge is 2.49. The van der Waals surface area contributed by atoms with E-state index in [2.05, 4.69) is 5.32 Å². The largest absolute Gasteiger partial charge is 0.350 e. The average Bonchev–Trinajstić information content (AvgIpc) is 1.96. The molecule has 1 aliphatic rings. The first-order valence-corrected chi connectivity index (χ1v) is 2.71. The molecule has 1 aliphatic heterocycles. The highest BCUT2D eigenvalue weighted by atomic mass is 19.3. The summed E-state index contributed by atoms with van der Waals surface area (Å²) in [6, 6.07) is 0. The van der Waals surface area contributed by atoms with E-state index in [0.29, 0.717) is 0 Å². The zero-order valence-corrected chi connectivity index (χ0v) is 4.95. The van der Waals surface area contributed by atoms with Gasteiger partial charge in [0.2, 0.25) is 0 Å². The second-order valence-electron chi connectivity index (χ2n) is 2.23. The number of amides is 1. The smallest absolute Gasteiger partial charge is 0.328 e. The summed E-state index contributed by atoms with van der Waals surface area (Å²) in [5.41, 5.74) is 0. The normalized spacial score (nSPS) is 32.3. The predicted molar refractivity (Wildman–Crippen MR) is 27.1 cm³/mol. The van der Waals surface area contributed by atoms with Crippen LogP contribution in [0.4, 0.5) is 8.78 Å². The summed E-state index contributed by atoms with van der Waals surface area (Å²) in [7, 11) is 0. The maximum Gasteiger partial charge on any atom is 0.328 e. The van der Waals surface area contributed by atoms with Crippen molar-refractivity contribution in [2.45, 2.75) is 12.8 Å². The summed E-state index contributed by atoms with van der Waals surface area (Å²) in [6.45, 7) is 1.43. The van der Waals surface area contributed by atoms with E-state index in [9.17, 15) is 13.6 Å². The summed E-state index contributed by atoms with van der Waals surface area (Å²) in [4.78, 5) is 10.2. The summed E-state index contributed by atoms with van der Waals surface area (Å²) in [6.07, 6.45) is 0. The van der Waals surface area contributed by atoms with E-state index in [-0.39, 0.29) is 6.54 Å². The quantitative estimate of drug-likeness (QED) is 0.511. The Morgan fingerprint density at radius 2 is 2.33 bits per heavy atom. The Morgan fingerprint density at radius 3 is 2.44 bits per heavy atom. The van der Waals surface area contributed by atoms with Gasteiger partial charge in [0, 0.05) is 12.5 Å². The van der Waals surface area contributed by atoms with E-state index < -0.39 is 17.7 Å². The van der Waals surface area contributed by atoms with Crippen LogP contribution in [0.2, 0.25) is 0 Å². The topological polar surface area (TPSA) is 29.1 Å². The van der Waals surface area contributed by atoms with Crippen molar-refractivity contribution < 1.29 is 13.6 Å². The Bertz CT molecular complexity index is 146. The maximum absolute atomic E-state index is 12.3. The molecule has 1 saturated heterocycles. The number of hydrogen-bond acceptors (Lipinski definition) is 1. The van der Waals surface area contributed by atoms with Gasteiger partial charge in [-0.05, 0) is 0 Å². The first kappa shape index (κ1) is 6.45. The molecular formula is C5H7F2NO. The Kier molecular flexibility index (Phi) is 1.18. The van der Waals surface area contributed by atoms with E-state index in [1.54, 1.807) is 0 Å². The van der Waals surface area contributed by atoms with E-state index in [1.807, 2.05) is 0 Å². The van der Waals surface area contributed by atoms with Crippen molar-refractivity contribution in [2.75, 3.05) is 6.54 Å². The van der Waals surface area contributed by atoms with Gasteiger partial charge in [0.25, 0.3) is 5.91 Å². The minimum absolute atomic E-state index is 0.0891. The van der Waals surface area contributed by atoms with E-state index in [4.69, 9.17) is 0 Å². The maximum atomic E-state index is 12.3. The molecule has 9 heavy (non-hydrogen) atoms. The van der Waals surface area contributed by atoms with Gasteiger partial charge in [0.1, 0.15) is 0 Å². The summed E-state index contributed by atoms with van der Waals surface area (Å²) >= 11 is 0. The molecule has 0 aromatic heterocycles. The molecule has 2 nitrogen and oxygen atoms in total. The number of hydrogen-bond donors (Lipinski definition) is 1. The Hall–Kier alpha value is -0.670. The Morgan fingerprint density at radius 1 is 1.78 bits per heavy atom. The Labute approximate surface area is 51.2 Å². The molecule has 0 aliphatic carbocycles. The van der Waals surface area contributed by atoms with Crippen molar-refractivity contribution in [1.82, 2.24) is 5.32 Å². The zero-order chi connectivity index (χ0) is 7.07. The molecule has 0 aromatic rings. The molecule has 4 heteroatoms. The number of nitrogens with one attached hydrogen (secondary N) is 1. The van der Waals surface area contributed by atoms with Crippen LogP contribution in [-0.2, 0) is 4.79 Å². The van der Waals surface area contributed by atoms with Gasteiger partial charge >= 0.3 is 5.92 Å². The van der Waals surface area contributed by atoms with Crippen LogP contribution in [0.5, 0.6) is 0 Å². The molecule has 1 amide bonds. The minimum atomic E-state index is -3.14. The standard InChI is InChI=1S/C5H7F2NO/c1-3-2-8-4(9)5(3,6)7/h3H,2H2,1H3,(H,8,9)/t3-/m0/s1. The number of rotatable bonds is 0. The van der Waals surface area contributed by atoms with Crippen LogP contribution in [-0.4, -0.2) is 18.4 Å². The second-order valence-corrected chi connectivity index (χ2v) is 2.23. The lowest BCUT2D eigenvalue weighted by atomic mass is 10.1. The molecule has 1 N–H and O–H groups in total. The summed E-state index contributed by atoms with van der Waals surface area (Å²) < 4.78 is 24.6. The van der Waals surface area contributed by atoms with Gasteiger partial charge in [0.15, 0.2) is 0 Å². The number of alkyl halides is 2. The molecule has 1 atom stereocenters. The fourth-order valence-electron chi connectivity index (χ4n) is 0.716. The fraction of sp³-hybridized carbons (Fsp3) is 0.800. The summed E-state index contributed by atoms with van der Waals surface area (Å²) in [5.74, 6) is -5.14. The van der Waals surface area contributed by atoms with Crippen LogP contribution < -0.4 is 5.32 Å². The monoisotopic (exact) mass is 135 g/mol. The van der Waals surface area contributed by atoms with Crippen molar-refractivity contribution in [3.63, 3.8) is 0 Å². The highest BCUT2D eigenvalue weighted by Crippen LogP contribution is 2.28. The molecule has 0 bridgehead atoms. The first-order valence-electron chi connectivity index (χ1n) is 2.71. The zero-order valence-electron chi connectivity index (χ0n) is 4.95. The first-order chi connectivity index (χ1) is 4.05. The van der Waals surface area contributed by atoms with E-state index in [1.165, 1.54) is 6.92 Å². The molecule has 0 aromatic carbocycles. The third kappa shape index (κ3) is 0.781. The van der Waals surface area contributed by atoms with Gasteiger partial charge in [0.05, 0.1) is 0 Å². The number of carbonyl (C=O) groups excluding carboxylic acids is 1. The van der Waals surface area contributed by atoms with Crippen LogP contribution in [0.15, 0.2) is 0 Å². The van der Waals surface area contributed by atoms with Crippen molar-refractivity contribution >= 4 is 5.91 Å². The molecular weight excluding hydrogens is 128 g/mol. The van der Waals surface area contributed by atoms with Gasteiger partial charge in [-0.25, -0.2) is 0 Å². The van der Waals surface area contributed by atoms with Crippen molar-refractivity contribution in [1.29, 1.82) is 0 Å². The van der Waals surface area contributed by atoms with Gasteiger partial charge in [-0.2, -0.15) is 8.78 Å². The molecule has 0 unspecified atom stereocenters. The van der Waals surface area contributed by atoms with Gasteiger partial charge in [-0.15, -0.1) is 0 Å². The van der Waals surface area contributed by atoms with Crippen LogP contribution in [0.1, 0.15) is 6.92 Å². The molecule has 1 rings (SSSR count). The molecule has 0 radical (unpaired) electrons. The van der Waals surface area contributed by atoms with Crippen LogP contribution in [0, 0.1) is 5.92 Å². The van der Waals surface area contributed by atoms with E-state index in [0.717, 1.165) is 0 Å². The van der Waals surface area contributed by atoms with Gasteiger partial charge < -0.3 is 5.32 Å².